The Balaban J connectivity index is 2.41. The summed E-state index contributed by atoms with van der Waals surface area (Å²) in [7, 11) is -2.64. The maximum absolute atomic E-state index is 13.5. The molecule has 0 aromatic heterocycles. The van der Waals surface area contributed by atoms with Crippen molar-refractivity contribution in [3.8, 4) is 5.75 Å². The van der Waals surface area contributed by atoms with Crippen molar-refractivity contribution in [3.05, 3.63) is 51.6 Å². The maximum atomic E-state index is 13.5. The summed E-state index contributed by atoms with van der Waals surface area (Å²) >= 11 is 1.91. The van der Waals surface area contributed by atoms with Crippen LogP contribution in [-0.2, 0) is 10.0 Å². The third-order valence-corrected chi connectivity index (χ3v) is 4.82. The van der Waals surface area contributed by atoms with E-state index in [1.807, 2.05) is 27.3 Å². The van der Waals surface area contributed by atoms with Crippen molar-refractivity contribution in [1.82, 2.24) is 0 Å². The molecule has 2 rings (SSSR count). The molecule has 8 heteroatoms. The van der Waals surface area contributed by atoms with Gasteiger partial charge in [-0.3, -0.25) is 4.72 Å². The number of hydrogen-bond acceptors (Lipinski definition) is 3. The standard InChI is InChI=1S/C13H10F2INO3S/c1-20-12-6-5-8(7-11(12)16)21(18,19)17-13-9(14)3-2-4-10(13)15/h2-7,17H,1H3. The topological polar surface area (TPSA) is 55.4 Å². The van der Waals surface area contributed by atoms with Crippen molar-refractivity contribution >= 4 is 38.3 Å². The summed E-state index contributed by atoms with van der Waals surface area (Å²) < 4.78 is 58.9. The molecule has 0 radical (unpaired) electrons. The molecule has 0 amide bonds. The predicted octanol–water partition coefficient (Wildman–Crippen LogP) is 3.38. The lowest BCUT2D eigenvalue weighted by molar-refractivity contribution is 0.411. The summed E-state index contributed by atoms with van der Waals surface area (Å²) in [4.78, 5) is -0.115. The lowest BCUT2D eigenvalue weighted by Crippen LogP contribution is -2.15. The first-order valence-corrected chi connectivity index (χ1v) is 8.21. The molecule has 0 saturated heterocycles. The van der Waals surface area contributed by atoms with E-state index in [0.29, 0.717) is 9.32 Å². The van der Waals surface area contributed by atoms with Gasteiger partial charge in [-0.25, -0.2) is 17.2 Å². The highest BCUT2D eigenvalue weighted by Gasteiger charge is 2.20. The summed E-state index contributed by atoms with van der Waals surface area (Å²) in [6.45, 7) is 0. The van der Waals surface area contributed by atoms with Crippen molar-refractivity contribution in [2.75, 3.05) is 11.8 Å². The highest BCUT2D eigenvalue weighted by molar-refractivity contribution is 14.1. The van der Waals surface area contributed by atoms with Gasteiger partial charge in [0.1, 0.15) is 23.1 Å². The van der Waals surface area contributed by atoms with Gasteiger partial charge in [0.05, 0.1) is 15.6 Å². The van der Waals surface area contributed by atoms with Gasteiger partial charge in [0.2, 0.25) is 0 Å². The molecule has 0 atom stereocenters. The Morgan fingerprint density at radius 2 is 1.76 bits per heavy atom. The molecule has 0 aliphatic carbocycles. The van der Waals surface area contributed by atoms with Gasteiger partial charge in [0, 0.05) is 0 Å². The molecule has 0 saturated carbocycles. The van der Waals surface area contributed by atoms with Crippen LogP contribution >= 0.6 is 22.6 Å². The molecular weight excluding hydrogens is 415 g/mol. The minimum atomic E-state index is -4.10. The average molecular weight is 425 g/mol. The van der Waals surface area contributed by atoms with Crippen LogP contribution in [0.5, 0.6) is 5.75 Å². The highest BCUT2D eigenvalue weighted by Crippen LogP contribution is 2.26. The van der Waals surface area contributed by atoms with Crippen LogP contribution in [-0.4, -0.2) is 15.5 Å². The Labute approximate surface area is 134 Å². The molecule has 2 aromatic rings. The predicted molar refractivity (Wildman–Crippen MR) is 82.9 cm³/mol. The molecule has 0 aliphatic rings. The zero-order chi connectivity index (χ0) is 15.6. The van der Waals surface area contributed by atoms with Crippen LogP contribution in [0.2, 0.25) is 0 Å². The Kier molecular flexibility index (Phi) is 4.67. The number of hydrogen-bond donors (Lipinski definition) is 1. The number of nitrogens with one attached hydrogen (secondary N) is 1. The number of para-hydroxylation sites is 1. The molecule has 0 unspecified atom stereocenters. The molecule has 0 bridgehead atoms. The molecule has 0 fully saturated rings. The quantitative estimate of drug-likeness (QED) is 0.765. The normalized spacial score (nSPS) is 11.2. The summed E-state index contributed by atoms with van der Waals surface area (Å²) in [5.74, 6) is -1.46. The molecule has 112 valence electrons. The second-order valence-electron chi connectivity index (χ2n) is 4.00. The number of anilines is 1. The van der Waals surface area contributed by atoms with Crippen LogP contribution in [0.15, 0.2) is 41.3 Å². The van der Waals surface area contributed by atoms with E-state index in [-0.39, 0.29) is 4.90 Å². The Hall–Kier alpha value is -1.42. The molecule has 4 nitrogen and oxygen atoms in total. The fourth-order valence-corrected chi connectivity index (χ4v) is 3.65. The van der Waals surface area contributed by atoms with E-state index in [4.69, 9.17) is 4.74 Å². The number of ether oxygens (including phenoxy) is 1. The van der Waals surface area contributed by atoms with E-state index in [0.717, 1.165) is 18.2 Å². The lowest BCUT2D eigenvalue weighted by Gasteiger charge is -2.11. The lowest BCUT2D eigenvalue weighted by atomic mass is 10.3. The number of methoxy groups -OCH3 is 1. The summed E-state index contributed by atoms with van der Waals surface area (Å²) in [6, 6.07) is 7.20. The number of benzene rings is 2. The number of sulfonamides is 1. The van der Waals surface area contributed by atoms with Crippen molar-refractivity contribution in [2.24, 2.45) is 0 Å². The van der Waals surface area contributed by atoms with Gasteiger partial charge in [-0.05, 0) is 52.9 Å². The molecule has 0 spiro atoms. The van der Waals surface area contributed by atoms with Gasteiger partial charge in [0.25, 0.3) is 10.0 Å². The molecule has 1 N–H and O–H groups in total. The van der Waals surface area contributed by atoms with Crippen molar-refractivity contribution in [1.29, 1.82) is 0 Å². The summed E-state index contributed by atoms with van der Waals surface area (Å²) in [5.41, 5.74) is -0.705. The highest BCUT2D eigenvalue weighted by atomic mass is 127. The van der Waals surface area contributed by atoms with Crippen molar-refractivity contribution in [2.45, 2.75) is 4.90 Å². The molecule has 0 heterocycles. The first kappa shape index (κ1) is 16.0. The largest absolute Gasteiger partial charge is 0.496 e. The molecule has 2 aromatic carbocycles. The van der Waals surface area contributed by atoms with Gasteiger partial charge in [-0.2, -0.15) is 0 Å². The van der Waals surface area contributed by atoms with Crippen LogP contribution in [0.25, 0.3) is 0 Å². The van der Waals surface area contributed by atoms with E-state index in [9.17, 15) is 17.2 Å². The van der Waals surface area contributed by atoms with Gasteiger partial charge in [0.15, 0.2) is 0 Å². The van der Waals surface area contributed by atoms with Gasteiger partial charge in [-0.1, -0.05) is 6.07 Å². The first-order valence-electron chi connectivity index (χ1n) is 5.65. The van der Waals surface area contributed by atoms with Crippen molar-refractivity contribution < 1.29 is 21.9 Å². The smallest absolute Gasteiger partial charge is 0.262 e. The minimum absolute atomic E-state index is 0.115. The van der Waals surface area contributed by atoms with E-state index in [1.165, 1.54) is 25.3 Å². The zero-order valence-electron chi connectivity index (χ0n) is 10.7. The third-order valence-electron chi connectivity index (χ3n) is 2.63. The first-order chi connectivity index (χ1) is 9.85. The molecule has 0 aliphatic heterocycles. The second-order valence-corrected chi connectivity index (χ2v) is 6.84. The van der Waals surface area contributed by atoms with Crippen LogP contribution in [0.1, 0.15) is 0 Å². The van der Waals surface area contributed by atoms with E-state index in [1.54, 1.807) is 0 Å². The monoisotopic (exact) mass is 425 g/mol. The van der Waals surface area contributed by atoms with Crippen LogP contribution in [0.4, 0.5) is 14.5 Å². The minimum Gasteiger partial charge on any atom is -0.496 e. The number of halogens is 3. The summed E-state index contributed by atoms with van der Waals surface area (Å²) in [5, 5.41) is 0. The van der Waals surface area contributed by atoms with Crippen LogP contribution in [0, 0.1) is 15.2 Å². The van der Waals surface area contributed by atoms with Crippen LogP contribution in [0.3, 0.4) is 0 Å². The Morgan fingerprint density at radius 1 is 1.14 bits per heavy atom. The zero-order valence-corrected chi connectivity index (χ0v) is 13.7. The fourth-order valence-electron chi connectivity index (χ4n) is 1.60. The number of rotatable bonds is 4. The average Bonchev–Trinajstić information content (AvgIpc) is 2.43. The molecule has 21 heavy (non-hydrogen) atoms. The third kappa shape index (κ3) is 3.43. The van der Waals surface area contributed by atoms with Crippen molar-refractivity contribution in [3.63, 3.8) is 0 Å². The summed E-state index contributed by atoms with van der Waals surface area (Å²) in [6.07, 6.45) is 0. The van der Waals surface area contributed by atoms with E-state index < -0.39 is 27.3 Å². The molecular formula is C13H10F2INO3S. The Bertz CT molecular complexity index is 761. The van der Waals surface area contributed by atoms with Gasteiger partial charge >= 0.3 is 0 Å². The van der Waals surface area contributed by atoms with Gasteiger partial charge in [-0.15, -0.1) is 0 Å². The fraction of sp³-hybridized carbons (Fsp3) is 0.0769. The SMILES string of the molecule is COc1ccc(S(=O)(=O)Nc2c(F)cccc2F)cc1I. The van der Waals surface area contributed by atoms with Gasteiger partial charge < -0.3 is 4.74 Å². The van der Waals surface area contributed by atoms with E-state index in [2.05, 4.69) is 0 Å². The van der Waals surface area contributed by atoms with Crippen LogP contribution < -0.4 is 9.46 Å². The Morgan fingerprint density at radius 3 is 2.29 bits per heavy atom. The second kappa shape index (κ2) is 6.14. The maximum Gasteiger partial charge on any atom is 0.262 e. The van der Waals surface area contributed by atoms with E-state index >= 15 is 0 Å².